The first kappa shape index (κ1) is 16.1. The van der Waals surface area contributed by atoms with Crippen molar-refractivity contribution in [1.29, 1.82) is 0 Å². The number of likely N-dealkylation sites (tertiary alicyclic amines) is 1. The molecule has 1 amide bonds. The first-order valence-electron chi connectivity index (χ1n) is 6.83. The quantitative estimate of drug-likeness (QED) is 0.479. The maximum Gasteiger partial charge on any atom is 0.410 e. The Morgan fingerprint density at radius 3 is 2.55 bits per heavy atom. The van der Waals surface area contributed by atoms with Crippen molar-refractivity contribution in [3.63, 3.8) is 0 Å². The molecule has 1 aliphatic rings. The lowest BCUT2D eigenvalue weighted by Crippen LogP contribution is -2.57. The van der Waals surface area contributed by atoms with Gasteiger partial charge >= 0.3 is 6.09 Å². The number of hydrogen-bond donors (Lipinski definition) is 0. The van der Waals surface area contributed by atoms with Gasteiger partial charge in [-0.25, -0.2) is 4.79 Å². The molecule has 1 aromatic rings. The number of benzene rings is 1. The van der Waals surface area contributed by atoms with Crippen LogP contribution < -0.4 is 10.2 Å². The Kier molecular flexibility index (Phi) is 4.30. The molecule has 7 nitrogen and oxygen atoms in total. The lowest BCUT2D eigenvalue weighted by Gasteiger charge is -2.39. The molecular weight excluding hydrogens is 287 g/mol. The Bertz CT molecular complexity index is 593. The van der Waals surface area contributed by atoms with Crippen LogP contribution in [0.1, 0.15) is 20.8 Å². The maximum atomic E-state index is 11.8. The second kappa shape index (κ2) is 5.86. The molecule has 0 aromatic heterocycles. The lowest BCUT2D eigenvalue weighted by molar-refractivity contribution is -0.384. The van der Waals surface area contributed by atoms with Crippen LogP contribution in [0, 0.1) is 10.1 Å². The zero-order chi connectivity index (χ0) is 16.5. The summed E-state index contributed by atoms with van der Waals surface area (Å²) in [6, 6.07) is 4.09. The van der Waals surface area contributed by atoms with Gasteiger partial charge in [-0.2, -0.15) is 0 Å². The van der Waals surface area contributed by atoms with Gasteiger partial charge in [0.2, 0.25) is 0 Å². The molecule has 2 radical (unpaired) electrons. The highest BCUT2D eigenvalue weighted by molar-refractivity contribution is 6.32. The van der Waals surface area contributed by atoms with Gasteiger partial charge in [-0.15, -0.1) is 0 Å². The average molecular weight is 304 g/mol. The molecule has 8 heteroatoms. The number of carbonyl (C=O) groups is 1. The van der Waals surface area contributed by atoms with E-state index in [0.29, 0.717) is 18.8 Å². The molecule has 0 saturated carbocycles. The van der Waals surface area contributed by atoms with E-state index in [1.165, 1.54) is 23.1 Å². The van der Waals surface area contributed by atoms with Crippen LogP contribution >= 0.6 is 0 Å². The maximum absolute atomic E-state index is 11.8. The molecule has 1 aliphatic heterocycles. The Labute approximate surface area is 129 Å². The van der Waals surface area contributed by atoms with Crippen molar-refractivity contribution in [1.82, 2.24) is 4.90 Å². The van der Waals surface area contributed by atoms with Crippen molar-refractivity contribution in [2.45, 2.75) is 32.5 Å². The van der Waals surface area contributed by atoms with E-state index >= 15 is 0 Å². The van der Waals surface area contributed by atoms with Crippen LogP contribution in [0.3, 0.4) is 0 Å². The third-order valence-electron chi connectivity index (χ3n) is 2.93. The highest BCUT2D eigenvalue weighted by Crippen LogP contribution is 2.23. The third kappa shape index (κ3) is 4.13. The summed E-state index contributed by atoms with van der Waals surface area (Å²) in [7, 11) is 5.61. The van der Waals surface area contributed by atoms with E-state index in [1.54, 1.807) is 20.8 Å². The predicted octanol–water partition coefficient (Wildman–Crippen LogP) is 1.39. The summed E-state index contributed by atoms with van der Waals surface area (Å²) in [6.07, 6.45) is -0.625. The van der Waals surface area contributed by atoms with Gasteiger partial charge in [0.05, 0.1) is 24.1 Å². The van der Waals surface area contributed by atoms with Crippen molar-refractivity contribution >= 4 is 25.1 Å². The predicted molar refractivity (Wildman–Crippen MR) is 80.7 cm³/mol. The molecule has 1 saturated heterocycles. The largest absolute Gasteiger partial charge is 0.486 e. The van der Waals surface area contributed by atoms with E-state index in [1.807, 2.05) is 0 Å². The van der Waals surface area contributed by atoms with Crippen LogP contribution in [0.5, 0.6) is 5.75 Å². The molecule has 0 atom stereocenters. The Balaban J connectivity index is 1.90. The fourth-order valence-corrected chi connectivity index (χ4v) is 1.96. The summed E-state index contributed by atoms with van der Waals surface area (Å²) in [4.78, 5) is 23.5. The lowest BCUT2D eigenvalue weighted by atomic mass is 9.95. The number of nitrogens with zero attached hydrogens (tertiary/aromatic N) is 2. The van der Waals surface area contributed by atoms with E-state index in [9.17, 15) is 14.9 Å². The number of ether oxygens (including phenoxy) is 2. The smallest absolute Gasteiger partial charge is 0.410 e. The number of rotatable bonds is 3. The second-order valence-corrected chi connectivity index (χ2v) is 6.14. The Hall–Kier alpha value is -2.25. The topological polar surface area (TPSA) is 81.9 Å². The monoisotopic (exact) mass is 304 g/mol. The molecule has 1 aromatic carbocycles. The second-order valence-electron chi connectivity index (χ2n) is 6.14. The summed E-state index contributed by atoms with van der Waals surface area (Å²) < 4.78 is 10.8. The van der Waals surface area contributed by atoms with Crippen LogP contribution in [-0.4, -0.2) is 48.6 Å². The van der Waals surface area contributed by atoms with Gasteiger partial charge < -0.3 is 14.4 Å². The first-order valence-corrected chi connectivity index (χ1v) is 6.83. The SMILES string of the molecule is [B]c1cc(OC2CN(C(=O)OC(C)(C)C)C2)cc([N+](=O)[O-])c1. The standard InChI is InChI=1S/C14H17BN2O5/c1-14(2,3)22-13(18)16-7-12(8-16)21-11-5-9(15)4-10(6-11)17(19)20/h4-6,12H,7-8H2,1-3H3. The van der Waals surface area contributed by atoms with Crippen molar-refractivity contribution in [3.8, 4) is 5.75 Å². The van der Waals surface area contributed by atoms with Crippen molar-refractivity contribution in [3.05, 3.63) is 28.3 Å². The number of hydrogen-bond acceptors (Lipinski definition) is 5. The summed E-state index contributed by atoms with van der Waals surface area (Å²) in [5.74, 6) is 0.320. The van der Waals surface area contributed by atoms with Gasteiger partial charge in [0.1, 0.15) is 25.3 Å². The zero-order valence-corrected chi connectivity index (χ0v) is 12.7. The summed E-state index contributed by atoms with van der Waals surface area (Å²) >= 11 is 0. The molecule has 0 spiro atoms. The fourth-order valence-electron chi connectivity index (χ4n) is 1.96. The van der Waals surface area contributed by atoms with Crippen molar-refractivity contribution in [2.75, 3.05) is 13.1 Å². The van der Waals surface area contributed by atoms with E-state index in [2.05, 4.69) is 0 Å². The molecule has 2 rings (SSSR count). The van der Waals surface area contributed by atoms with Gasteiger partial charge in [0, 0.05) is 6.07 Å². The molecule has 22 heavy (non-hydrogen) atoms. The molecule has 0 bridgehead atoms. The van der Waals surface area contributed by atoms with Crippen LogP contribution in [0.15, 0.2) is 18.2 Å². The van der Waals surface area contributed by atoms with Gasteiger partial charge in [-0.3, -0.25) is 10.1 Å². The fraction of sp³-hybridized carbons (Fsp3) is 0.500. The van der Waals surface area contributed by atoms with Gasteiger partial charge in [-0.05, 0) is 26.8 Å². The zero-order valence-electron chi connectivity index (χ0n) is 12.7. The van der Waals surface area contributed by atoms with E-state index in [0.717, 1.165) is 0 Å². The highest BCUT2D eigenvalue weighted by Gasteiger charge is 2.35. The minimum Gasteiger partial charge on any atom is -0.486 e. The normalized spacial score (nSPS) is 15.1. The number of amides is 1. The summed E-state index contributed by atoms with van der Waals surface area (Å²) in [5, 5.41) is 10.8. The van der Waals surface area contributed by atoms with Crippen LogP contribution in [0.2, 0.25) is 0 Å². The number of nitro benzene ring substituents is 1. The van der Waals surface area contributed by atoms with Gasteiger partial charge in [0.15, 0.2) is 0 Å². The molecule has 0 unspecified atom stereocenters. The molecule has 1 fully saturated rings. The van der Waals surface area contributed by atoms with Crippen LogP contribution in [0.25, 0.3) is 0 Å². The highest BCUT2D eigenvalue weighted by atomic mass is 16.6. The average Bonchev–Trinajstić information content (AvgIpc) is 2.30. The number of nitro groups is 1. The van der Waals surface area contributed by atoms with E-state index in [4.69, 9.17) is 17.3 Å². The van der Waals surface area contributed by atoms with Gasteiger partial charge in [0.25, 0.3) is 5.69 Å². The molecule has 116 valence electrons. The molecular formula is C14H17BN2O5. The number of non-ortho nitro benzene ring substituents is 1. The molecule has 0 aliphatic carbocycles. The van der Waals surface area contributed by atoms with Crippen molar-refractivity contribution in [2.24, 2.45) is 0 Å². The van der Waals surface area contributed by atoms with Crippen LogP contribution in [-0.2, 0) is 4.74 Å². The minimum atomic E-state index is -0.544. The van der Waals surface area contributed by atoms with E-state index < -0.39 is 16.6 Å². The molecule has 1 heterocycles. The third-order valence-corrected chi connectivity index (χ3v) is 2.93. The Morgan fingerprint density at radius 2 is 2.00 bits per heavy atom. The summed E-state index contributed by atoms with van der Waals surface area (Å²) in [6.45, 7) is 6.13. The minimum absolute atomic E-state index is 0.127. The number of carbonyl (C=O) groups excluding carboxylic acids is 1. The Morgan fingerprint density at radius 1 is 1.36 bits per heavy atom. The van der Waals surface area contributed by atoms with Gasteiger partial charge in [-0.1, -0.05) is 5.46 Å². The van der Waals surface area contributed by atoms with E-state index in [-0.39, 0.29) is 17.3 Å². The molecule has 0 N–H and O–H groups in total. The summed E-state index contributed by atoms with van der Waals surface area (Å²) in [5.41, 5.74) is -0.414. The van der Waals surface area contributed by atoms with Crippen molar-refractivity contribution < 1.29 is 19.2 Å². The van der Waals surface area contributed by atoms with Crippen LogP contribution in [0.4, 0.5) is 10.5 Å². The first-order chi connectivity index (χ1) is 10.1.